The molecule has 0 heterocycles. The summed E-state index contributed by atoms with van der Waals surface area (Å²) >= 11 is 0. The summed E-state index contributed by atoms with van der Waals surface area (Å²) < 4.78 is 5.08. The zero-order valence-electron chi connectivity index (χ0n) is 10.3. The number of hydrogen-bond donors (Lipinski definition) is 2. The van der Waals surface area contributed by atoms with E-state index in [0.717, 1.165) is 0 Å². The van der Waals surface area contributed by atoms with E-state index in [1.165, 1.54) is 0 Å². The average molecular weight is 231 g/mol. The fraction of sp³-hybridized carbons (Fsp3) is 0.818. The number of hydrogen-bond acceptors (Lipinski definition) is 3. The third-order valence-electron chi connectivity index (χ3n) is 2.11. The highest BCUT2D eigenvalue weighted by Crippen LogP contribution is 2.05. The van der Waals surface area contributed by atoms with Crippen LogP contribution in [0.4, 0.5) is 0 Å². The molecule has 0 rings (SSSR count). The topological polar surface area (TPSA) is 75.6 Å². The van der Waals surface area contributed by atoms with E-state index in [-0.39, 0.29) is 11.8 Å². The van der Waals surface area contributed by atoms with Crippen molar-refractivity contribution >= 4 is 11.9 Å². The van der Waals surface area contributed by atoms with E-state index < -0.39 is 18.1 Å². The van der Waals surface area contributed by atoms with Crippen molar-refractivity contribution in [1.82, 2.24) is 5.32 Å². The molecule has 16 heavy (non-hydrogen) atoms. The number of amides is 1. The van der Waals surface area contributed by atoms with Crippen molar-refractivity contribution in [2.45, 2.75) is 46.3 Å². The standard InChI is InChI=1S/C11H21NO4/c1-5-16-8(4)10(13)12-9(11(14)15)6-7(2)3/h7-9H,5-6H2,1-4H3,(H,12,13)(H,14,15). The number of ether oxygens (including phenoxy) is 1. The zero-order chi connectivity index (χ0) is 12.7. The highest BCUT2D eigenvalue weighted by atomic mass is 16.5. The van der Waals surface area contributed by atoms with Gasteiger partial charge in [-0.05, 0) is 26.2 Å². The molecular formula is C11H21NO4. The monoisotopic (exact) mass is 231 g/mol. The Morgan fingerprint density at radius 1 is 1.31 bits per heavy atom. The summed E-state index contributed by atoms with van der Waals surface area (Å²) in [5, 5.41) is 11.4. The van der Waals surface area contributed by atoms with Crippen molar-refractivity contribution in [3.05, 3.63) is 0 Å². The average Bonchev–Trinajstić information content (AvgIpc) is 2.16. The quantitative estimate of drug-likeness (QED) is 0.686. The Labute approximate surface area is 96.2 Å². The molecule has 0 aromatic rings. The molecule has 0 saturated carbocycles. The van der Waals surface area contributed by atoms with Gasteiger partial charge in [-0.1, -0.05) is 13.8 Å². The van der Waals surface area contributed by atoms with Gasteiger partial charge in [0.2, 0.25) is 5.91 Å². The molecule has 0 aliphatic carbocycles. The molecule has 0 aromatic heterocycles. The van der Waals surface area contributed by atoms with Crippen LogP contribution in [0.2, 0.25) is 0 Å². The normalized spacial score (nSPS) is 14.6. The van der Waals surface area contributed by atoms with Crippen LogP contribution < -0.4 is 5.32 Å². The third kappa shape index (κ3) is 5.70. The molecule has 0 fully saturated rings. The summed E-state index contributed by atoms with van der Waals surface area (Å²) in [4.78, 5) is 22.4. The van der Waals surface area contributed by atoms with Gasteiger partial charge in [0.25, 0.3) is 0 Å². The van der Waals surface area contributed by atoms with Gasteiger partial charge >= 0.3 is 5.97 Å². The molecule has 0 aliphatic heterocycles. The van der Waals surface area contributed by atoms with E-state index in [2.05, 4.69) is 5.32 Å². The maximum absolute atomic E-state index is 11.5. The predicted octanol–water partition coefficient (Wildman–Crippen LogP) is 1.03. The second-order valence-corrected chi connectivity index (χ2v) is 4.13. The van der Waals surface area contributed by atoms with Gasteiger partial charge in [-0.2, -0.15) is 0 Å². The van der Waals surface area contributed by atoms with Crippen LogP contribution in [0.25, 0.3) is 0 Å². The van der Waals surface area contributed by atoms with E-state index in [1.54, 1.807) is 13.8 Å². The summed E-state index contributed by atoms with van der Waals surface area (Å²) in [5.74, 6) is -1.18. The van der Waals surface area contributed by atoms with Crippen LogP contribution in [0.1, 0.15) is 34.1 Å². The molecule has 0 radical (unpaired) electrons. The van der Waals surface area contributed by atoms with E-state index >= 15 is 0 Å². The van der Waals surface area contributed by atoms with E-state index in [1.807, 2.05) is 13.8 Å². The molecule has 0 bridgehead atoms. The Kier molecular flexibility index (Phi) is 6.72. The Bertz CT molecular complexity index is 240. The predicted molar refractivity (Wildman–Crippen MR) is 60.1 cm³/mol. The molecule has 0 aliphatic rings. The van der Waals surface area contributed by atoms with E-state index in [4.69, 9.17) is 9.84 Å². The second-order valence-electron chi connectivity index (χ2n) is 4.13. The molecule has 5 nitrogen and oxygen atoms in total. The van der Waals surface area contributed by atoms with Gasteiger partial charge in [0.15, 0.2) is 0 Å². The number of carbonyl (C=O) groups excluding carboxylic acids is 1. The maximum atomic E-state index is 11.5. The van der Waals surface area contributed by atoms with Gasteiger partial charge in [0.05, 0.1) is 0 Å². The molecule has 5 heteroatoms. The molecule has 0 saturated heterocycles. The minimum atomic E-state index is -1.01. The highest BCUT2D eigenvalue weighted by Gasteiger charge is 2.23. The second kappa shape index (κ2) is 7.22. The van der Waals surface area contributed by atoms with Crippen molar-refractivity contribution in [3.8, 4) is 0 Å². The van der Waals surface area contributed by atoms with Crippen LogP contribution in [0.3, 0.4) is 0 Å². The fourth-order valence-electron chi connectivity index (χ4n) is 1.31. The van der Waals surface area contributed by atoms with Crippen LogP contribution in [0.5, 0.6) is 0 Å². The van der Waals surface area contributed by atoms with Crippen LogP contribution in [-0.4, -0.2) is 35.7 Å². The number of nitrogens with one attached hydrogen (secondary N) is 1. The van der Waals surface area contributed by atoms with Crippen LogP contribution in [0.15, 0.2) is 0 Å². The van der Waals surface area contributed by atoms with Crippen LogP contribution in [-0.2, 0) is 14.3 Å². The Morgan fingerprint density at radius 2 is 1.88 bits per heavy atom. The number of carboxylic acid groups (broad SMARTS) is 1. The molecular weight excluding hydrogens is 210 g/mol. The smallest absolute Gasteiger partial charge is 0.326 e. The van der Waals surface area contributed by atoms with Gasteiger partial charge in [0.1, 0.15) is 12.1 Å². The minimum Gasteiger partial charge on any atom is -0.480 e. The summed E-state index contributed by atoms with van der Waals surface area (Å²) in [6, 6.07) is -0.838. The van der Waals surface area contributed by atoms with Gasteiger partial charge < -0.3 is 15.2 Å². The number of carboxylic acids is 1. The minimum absolute atomic E-state index is 0.212. The lowest BCUT2D eigenvalue weighted by molar-refractivity contribution is -0.144. The third-order valence-corrected chi connectivity index (χ3v) is 2.11. The summed E-state index contributed by atoms with van der Waals surface area (Å²) in [7, 11) is 0. The number of carbonyl (C=O) groups is 2. The SMILES string of the molecule is CCOC(C)C(=O)NC(CC(C)C)C(=O)O. The Balaban J connectivity index is 4.28. The largest absolute Gasteiger partial charge is 0.480 e. The first kappa shape index (κ1) is 14.9. The Morgan fingerprint density at radius 3 is 2.25 bits per heavy atom. The van der Waals surface area contributed by atoms with Crippen molar-refractivity contribution in [2.24, 2.45) is 5.92 Å². The summed E-state index contributed by atoms with van der Waals surface area (Å²) in [5.41, 5.74) is 0. The van der Waals surface area contributed by atoms with E-state index in [9.17, 15) is 9.59 Å². The number of rotatable bonds is 7. The molecule has 2 atom stereocenters. The molecule has 0 spiro atoms. The lowest BCUT2D eigenvalue weighted by Crippen LogP contribution is -2.46. The molecule has 0 aromatic carbocycles. The van der Waals surface area contributed by atoms with Crippen molar-refractivity contribution in [2.75, 3.05) is 6.61 Å². The van der Waals surface area contributed by atoms with Gasteiger partial charge in [-0.3, -0.25) is 4.79 Å². The lowest BCUT2D eigenvalue weighted by Gasteiger charge is -2.19. The molecule has 2 unspecified atom stereocenters. The van der Waals surface area contributed by atoms with E-state index in [0.29, 0.717) is 13.0 Å². The van der Waals surface area contributed by atoms with Gasteiger partial charge in [-0.25, -0.2) is 4.79 Å². The first-order valence-corrected chi connectivity index (χ1v) is 5.53. The van der Waals surface area contributed by atoms with Crippen molar-refractivity contribution < 1.29 is 19.4 Å². The summed E-state index contributed by atoms with van der Waals surface area (Å²) in [6.07, 6.45) is -0.195. The van der Waals surface area contributed by atoms with Crippen LogP contribution >= 0.6 is 0 Å². The van der Waals surface area contributed by atoms with Crippen molar-refractivity contribution in [3.63, 3.8) is 0 Å². The maximum Gasteiger partial charge on any atom is 0.326 e. The fourth-order valence-corrected chi connectivity index (χ4v) is 1.31. The number of aliphatic carboxylic acids is 1. The van der Waals surface area contributed by atoms with Gasteiger partial charge in [-0.15, -0.1) is 0 Å². The lowest BCUT2D eigenvalue weighted by atomic mass is 10.0. The van der Waals surface area contributed by atoms with Crippen molar-refractivity contribution in [1.29, 1.82) is 0 Å². The first-order valence-electron chi connectivity index (χ1n) is 5.53. The first-order chi connectivity index (χ1) is 7.38. The van der Waals surface area contributed by atoms with Gasteiger partial charge in [0, 0.05) is 6.61 Å². The van der Waals surface area contributed by atoms with Crippen LogP contribution in [0, 0.1) is 5.92 Å². The Hall–Kier alpha value is -1.10. The molecule has 94 valence electrons. The molecule has 2 N–H and O–H groups in total. The molecule has 1 amide bonds. The summed E-state index contributed by atoms with van der Waals surface area (Å²) in [6.45, 7) is 7.64. The zero-order valence-corrected chi connectivity index (χ0v) is 10.3. The highest BCUT2D eigenvalue weighted by molar-refractivity contribution is 5.86.